The Labute approximate surface area is 177 Å². The van der Waals surface area contributed by atoms with Crippen LogP contribution >= 0.6 is 23.2 Å². The van der Waals surface area contributed by atoms with Crippen LogP contribution in [0.2, 0.25) is 10.0 Å². The SMILES string of the molecule is Cc1cc(-c2noc(C(C)N(C)CC(=O)Nc3c(Cl)cccc3Cl)n2)ccc1F. The van der Waals surface area contributed by atoms with Gasteiger partial charge < -0.3 is 9.84 Å². The molecule has 0 aliphatic heterocycles. The molecule has 0 radical (unpaired) electrons. The molecule has 3 aromatic rings. The van der Waals surface area contributed by atoms with Crippen LogP contribution in [-0.4, -0.2) is 34.5 Å². The fourth-order valence-electron chi connectivity index (χ4n) is 2.65. The first-order valence-electron chi connectivity index (χ1n) is 8.80. The zero-order valence-corrected chi connectivity index (χ0v) is 17.6. The van der Waals surface area contributed by atoms with E-state index in [1.54, 1.807) is 49.2 Å². The van der Waals surface area contributed by atoms with Gasteiger partial charge in [-0.25, -0.2) is 4.39 Å². The molecule has 0 bridgehead atoms. The zero-order chi connectivity index (χ0) is 21.1. The molecule has 2 aromatic carbocycles. The van der Waals surface area contributed by atoms with Crippen LogP contribution in [0, 0.1) is 12.7 Å². The highest BCUT2D eigenvalue weighted by atomic mass is 35.5. The molecule has 0 saturated heterocycles. The lowest BCUT2D eigenvalue weighted by Crippen LogP contribution is -2.32. The minimum atomic E-state index is -0.328. The molecule has 0 fully saturated rings. The molecule has 9 heteroatoms. The normalized spacial score (nSPS) is 12.2. The third-order valence-corrected chi connectivity index (χ3v) is 5.13. The van der Waals surface area contributed by atoms with Gasteiger partial charge in [0.2, 0.25) is 17.6 Å². The third-order valence-electron chi connectivity index (χ3n) is 4.50. The van der Waals surface area contributed by atoms with Crippen LogP contribution in [0.1, 0.15) is 24.4 Å². The number of amides is 1. The summed E-state index contributed by atoms with van der Waals surface area (Å²) in [4.78, 5) is 18.5. The summed E-state index contributed by atoms with van der Waals surface area (Å²) in [6, 6.07) is 9.26. The van der Waals surface area contributed by atoms with Crippen LogP contribution in [0.15, 0.2) is 40.9 Å². The molecule has 0 saturated carbocycles. The van der Waals surface area contributed by atoms with Crippen LogP contribution in [0.5, 0.6) is 0 Å². The first kappa shape index (κ1) is 21.2. The lowest BCUT2D eigenvalue weighted by atomic mass is 10.1. The molecule has 1 amide bonds. The average Bonchev–Trinajstić information content (AvgIpc) is 3.16. The van der Waals surface area contributed by atoms with Gasteiger partial charge in [0.25, 0.3) is 0 Å². The number of anilines is 1. The highest BCUT2D eigenvalue weighted by Crippen LogP contribution is 2.30. The summed E-state index contributed by atoms with van der Waals surface area (Å²) in [6.07, 6.45) is 0. The van der Waals surface area contributed by atoms with Crippen molar-refractivity contribution >= 4 is 34.8 Å². The van der Waals surface area contributed by atoms with E-state index in [1.807, 2.05) is 6.92 Å². The van der Waals surface area contributed by atoms with E-state index >= 15 is 0 Å². The number of benzene rings is 2. The van der Waals surface area contributed by atoms with E-state index < -0.39 is 0 Å². The van der Waals surface area contributed by atoms with Gasteiger partial charge in [-0.2, -0.15) is 4.98 Å². The van der Waals surface area contributed by atoms with E-state index in [0.717, 1.165) is 0 Å². The van der Waals surface area contributed by atoms with Crippen LogP contribution < -0.4 is 5.32 Å². The molecule has 1 heterocycles. The van der Waals surface area contributed by atoms with Gasteiger partial charge in [-0.3, -0.25) is 9.69 Å². The molecular formula is C20H19Cl2FN4O2. The fraction of sp³-hybridized carbons (Fsp3) is 0.250. The maximum atomic E-state index is 13.5. The zero-order valence-electron chi connectivity index (χ0n) is 16.0. The minimum absolute atomic E-state index is 0.0517. The minimum Gasteiger partial charge on any atom is -0.337 e. The van der Waals surface area contributed by atoms with E-state index in [1.165, 1.54) is 6.07 Å². The Morgan fingerprint density at radius 2 is 1.97 bits per heavy atom. The van der Waals surface area contributed by atoms with E-state index in [9.17, 15) is 9.18 Å². The number of rotatable bonds is 6. The Balaban J connectivity index is 1.67. The van der Waals surface area contributed by atoms with Crippen molar-refractivity contribution in [1.29, 1.82) is 0 Å². The van der Waals surface area contributed by atoms with Crippen molar-refractivity contribution in [3.63, 3.8) is 0 Å². The summed E-state index contributed by atoms with van der Waals surface area (Å²) in [5.74, 6) is 0.113. The molecule has 1 unspecified atom stereocenters. The molecule has 6 nitrogen and oxygen atoms in total. The molecule has 1 aromatic heterocycles. The Kier molecular flexibility index (Phi) is 6.52. The lowest BCUT2D eigenvalue weighted by molar-refractivity contribution is -0.117. The number of aryl methyl sites for hydroxylation is 1. The number of hydrogen-bond acceptors (Lipinski definition) is 5. The number of hydrogen-bond donors (Lipinski definition) is 1. The van der Waals surface area contributed by atoms with Crippen molar-refractivity contribution in [3.05, 3.63) is 63.7 Å². The maximum Gasteiger partial charge on any atom is 0.244 e. The predicted molar refractivity (Wildman–Crippen MR) is 111 cm³/mol. The van der Waals surface area contributed by atoms with Crippen molar-refractivity contribution in [2.45, 2.75) is 19.9 Å². The van der Waals surface area contributed by atoms with E-state index in [2.05, 4.69) is 15.5 Å². The first-order valence-corrected chi connectivity index (χ1v) is 9.56. The van der Waals surface area contributed by atoms with Gasteiger partial charge >= 0.3 is 0 Å². The summed E-state index contributed by atoms with van der Waals surface area (Å²) in [6.45, 7) is 3.55. The summed E-state index contributed by atoms with van der Waals surface area (Å²) in [7, 11) is 1.75. The van der Waals surface area contributed by atoms with E-state index in [0.29, 0.717) is 38.6 Å². The molecule has 1 N–H and O–H groups in total. The van der Waals surface area contributed by atoms with Gasteiger partial charge in [-0.15, -0.1) is 0 Å². The van der Waals surface area contributed by atoms with Gasteiger partial charge in [0, 0.05) is 5.56 Å². The Hall–Kier alpha value is -2.48. The second-order valence-electron chi connectivity index (χ2n) is 6.66. The molecule has 152 valence electrons. The smallest absolute Gasteiger partial charge is 0.244 e. The number of carbonyl (C=O) groups excluding carboxylic acids is 1. The number of para-hydroxylation sites is 1. The van der Waals surface area contributed by atoms with Crippen molar-refractivity contribution in [2.75, 3.05) is 18.9 Å². The van der Waals surface area contributed by atoms with Crippen molar-refractivity contribution in [3.8, 4) is 11.4 Å². The van der Waals surface area contributed by atoms with E-state index in [4.69, 9.17) is 27.7 Å². The second kappa shape index (κ2) is 8.90. The number of likely N-dealkylation sites (N-methyl/N-ethyl adjacent to an activating group) is 1. The summed E-state index contributed by atoms with van der Waals surface area (Å²) >= 11 is 12.2. The van der Waals surface area contributed by atoms with Crippen LogP contribution in [0.4, 0.5) is 10.1 Å². The van der Waals surface area contributed by atoms with Gasteiger partial charge in [-0.05, 0) is 56.8 Å². The van der Waals surface area contributed by atoms with E-state index in [-0.39, 0.29) is 24.3 Å². The van der Waals surface area contributed by atoms with Gasteiger partial charge in [0.1, 0.15) is 5.82 Å². The van der Waals surface area contributed by atoms with Gasteiger partial charge in [0.05, 0.1) is 28.3 Å². The molecule has 29 heavy (non-hydrogen) atoms. The number of halogens is 3. The summed E-state index contributed by atoms with van der Waals surface area (Å²) in [5.41, 5.74) is 1.52. The third kappa shape index (κ3) is 4.93. The molecule has 0 aliphatic carbocycles. The number of nitrogens with one attached hydrogen (secondary N) is 1. The number of nitrogens with zero attached hydrogens (tertiary/aromatic N) is 3. The molecule has 3 rings (SSSR count). The topological polar surface area (TPSA) is 71.3 Å². The molecule has 0 aliphatic rings. The van der Waals surface area contributed by atoms with Gasteiger partial charge in [-0.1, -0.05) is 34.4 Å². The van der Waals surface area contributed by atoms with Crippen LogP contribution in [0.3, 0.4) is 0 Å². The first-order chi connectivity index (χ1) is 13.8. The van der Waals surface area contributed by atoms with Crippen molar-refractivity contribution in [1.82, 2.24) is 15.0 Å². The molecule has 1 atom stereocenters. The molecular weight excluding hydrogens is 418 g/mol. The standard InChI is InChI=1S/C20H19Cl2FN4O2/c1-11-9-13(7-8-16(11)23)19-25-20(29-26-19)12(2)27(3)10-17(28)24-18-14(21)5-4-6-15(18)22/h4-9,12H,10H2,1-3H3,(H,24,28). The monoisotopic (exact) mass is 436 g/mol. The largest absolute Gasteiger partial charge is 0.337 e. The Morgan fingerprint density at radius 1 is 1.28 bits per heavy atom. The van der Waals surface area contributed by atoms with Crippen LogP contribution in [-0.2, 0) is 4.79 Å². The quantitative estimate of drug-likeness (QED) is 0.580. The van der Waals surface area contributed by atoms with Crippen molar-refractivity contribution < 1.29 is 13.7 Å². The Morgan fingerprint density at radius 3 is 2.62 bits per heavy atom. The number of carbonyl (C=O) groups is 1. The highest BCUT2D eigenvalue weighted by molar-refractivity contribution is 6.39. The van der Waals surface area contributed by atoms with Crippen molar-refractivity contribution in [2.24, 2.45) is 0 Å². The maximum absolute atomic E-state index is 13.5. The second-order valence-corrected chi connectivity index (χ2v) is 7.47. The average molecular weight is 437 g/mol. The van der Waals surface area contributed by atoms with Gasteiger partial charge in [0.15, 0.2) is 0 Å². The summed E-state index contributed by atoms with van der Waals surface area (Å²) in [5, 5.41) is 7.39. The number of aromatic nitrogens is 2. The predicted octanol–water partition coefficient (Wildman–Crippen LogP) is 5.12. The van der Waals surface area contributed by atoms with Crippen LogP contribution in [0.25, 0.3) is 11.4 Å². The Bertz CT molecular complexity index is 1020. The molecule has 0 spiro atoms. The highest BCUT2D eigenvalue weighted by Gasteiger charge is 2.22. The fourth-order valence-corrected chi connectivity index (χ4v) is 3.15. The lowest BCUT2D eigenvalue weighted by Gasteiger charge is -2.21. The summed E-state index contributed by atoms with van der Waals surface area (Å²) < 4.78 is 18.8.